The Morgan fingerprint density at radius 1 is 1.41 bits per heavy atom. The van der Waals surface area contributed by atoms with Gasteiger partial charge in [-0.3, -0.25) is 0 Å². The predicted molar refractivity (Wildman–Crippen MR) is 66.7 cm³/mol. The minimum atomic E-state index is -0.482. The zero-order chi connectivity index (χ0) is 12.4. The summed E-state index contributed by atoms with van der Waals surface area (Å²) >= 11 is 0. The molecule has 1 fully saturated rings. The summed E-state index contributed by atoms with van der Waals surface area (Å²) in [5.74, 6) is 0.283. The Labute approximate surface area is 103 Å². The average molecular weight is 235 g/mol. The monoisotopic (exact) mass is 235 g/mol. The van der Waals surface area contributed by atoms with Crippen LogP contribution in [0.4, 0.5) is 0 Å². The number of aryl methyl sites for hydroxylation is 2. The van der Waals surface area contributed by atoms with Gasteiger partial charge in [0, 0.05) is 12.5 Å². The Kier molecular flexibility index (Phi) is 3.74. The zero-order valence-electron chi connectivity index (χ0n) is 10.8. The van der Waals surface area contributed by atoms with E-state index < -0.39 is 6.10 Å². The maximum Gasteiger partial charge on any atom is 0.102 e. The fraction of sp³-hybridized carbons (Fsp3) is 0.692. The van der Waals surface area contributed by atoms with Crippen molar-refractivity contribution in [1.82, 2.24) is 15.1 Å². The fourth-order valence-electron chi connectivity index (χ4n) is 2.42. The van der Waals surface area contributed by atoms with Gasteiger partial charge in [-0.05, 0) is 51.9 Å². The normalized spacial score (nSPS) is 23.6. The Bertz CT molecular complexity index is 394. The molecule has 2 unspecified atom stereocenters. The van der Waals surface area contributed by atoms with E-state index >= 15 is 0 Å². The first-order chi connectivity index (χ1) is 8.08. The molecule has 4 heteroatoms. The van der Waals surface area contributed by atoms with Gasteiger partial charge in [-0.1, -0.05) is 0 Å². The fourth-order valence-corrected chi connectivity index (χ4v) is 2.42. The molecular formula is C13H21N3O. The first-order valence-electron chi connectivity index (χ1n) is 6.25. The highest BCUT2D eigenvalue weighted by Crippen LogP contribution is 2.28. The molecule has 1 aromatic rings. The van der Waals surface area contributed by atoms with Gasteiger partial charge in [0.05, 0.1) is 11.4 Å². The molecule has 1 saturated heterocycles. The van der Waals surface area contributed by atoms with Gasteiger partial charge in [0.15, 0.2) is 0 Å². The van der Waals surface area contributed by atoms with Crippen molar-refractivity contribution in [3.63, 3.8) is 0 Å². The summed E-state index contributed by atoms with van der Waals surface area (Å²) < 4.78 is 0. The third-order valence-corrected chi connectivity index (χ3v) is 3.66. The largest absolute Gasteiger partial charge is 0.386 e. The van der Waals surface area contributed by atoms with Crippen LogP contribution in [0.15, 0.2) is 6.07 Å². The lowest BCUT2D eigenvalue weighted by Gasteiger charge is -2.32. The van der Waals surface area contributed by atoms with E-state index in [0.29, 0.717) is 5.69 Å². The van der Waals surface area contributed by atoms with Gasteiger partial charge >= 0.3 is 0 Å². The average Bonchev–Trinajstić information content (AvgIpc) is 2.32. The second kappa shape index (κ2) is 5.10. The molecule has 2 atom stereocenters. The van der Waals surface area contributed by atoms with Crippen LogP contribution in [-0.4, -0.2) is 40.3 Å². The van der Waals surface area contributed by atoms with Crippen molar-refractivity contribution in [1.29, 1.82) is 0 Å². The number of hydrogen-bond acceptors (Lipinski definition) is 4. The predicted octanol–water partition coefficient (Wildman–Crippen LogP) is 1.47. The SMILES string of the molecule is Cc1cc(C(O)C2CCCN(C)C2)nnc1C. The second-order valence-electron chi connectivity index (χ2n) is 5.15. The van der Waals surface area contributed by atoms with Crippen molar-refractivity contribution in [2.24, 2.45) is 5.92 Å². The highest BCUT2D eigenvalue weighted by molar-refractivity contribution is 5.19. The second-order valence-corrected chi connectivity index (χ2v) is 5.15. The van der Waals surface area contributed by atoms with E-state index in [0.717, 1.165) is 37.2 Å². The summed E-state index contributed by atoms with van der Waals surface area (Å²) in [5, 5.41) is 18.6. The first kappa shape index (κ1) is 12.5. The topological polar surface area (TPSA) is 49.2 Å². The quantitative estimate of drug-likeness (QED) is 0.843. The van der Waals surface area contributed by atoms with E-state index in [-0.39, 0.29) is 5.92 Å². The Morgan fingerprint density at radius 2 is 2.18 bits per heavy atom. The van der Waals surface area contributed by atoms with Gasteiger partial charge < -0.3 is 10.0 Å². The Morgan fingerprint density at radius 3 is 2.82 bits per heavy atom. The van der Waals surface area contributed by atoms with Crippen molar-refractivity contribution >= 4 is 0 Å². The summed E-state index contributed by atoms with van der Waals surface area (Å²) in [5.41, 5.74) is 2.74. The molecule has 1 aliphatic heterocycles. The molecule has 1 N–H and O–H groups in total. The van der Waals surface area contributed by atoms with E-state index in [2.05, 4.69) is 22.1 Å². The molecule has 0 bridgehead atoms. The summed E-state index contributed by atoms with van der Waals surface area (Å²) in [6.07, 6.45) is 1.74. The van der Waals surface area contributed by atoms with Crippen LogP contribution in [0.25, 0.3) is 0 Å². The number of nitrogens with zero attached hydrogens (tertiary/aromatic N) is 3. The Hall–Kier alpha value is -1.000. The van der Waals surface area contributed by atoms with Crippen LogP contribution in [0.5, 0.6) is 0 Å². The third-order valence-electron chi connectivity index (χ3n) is 3.66. The third kappa shape index (κ3) is 2.82. The molecule has 2 heterocycles. The van der Waals surface area contributed by atoms with Crippen LogP contribution in [0.1, 0.15) is 35.9 Å². The van der Waals surface area contributed by atoms with Crippen molar-refractivity contribution in [3.8, 4) is 0 Å². The first-order valence-corrected chi connectivity index (χ1v) is 6.25. The number of aliphatic hydroxyl groups excluding tert-OH is 1. The van der Waals surface area contributed by atoms with Crippen LogP contribution >= 0.6 is 0 Å². The molecule has 0 saturated carbocycles. The van der Waals surface area contributed by atoms with Crippen LogP contribution in [-0.2, 0) is 0 Å². The molecule has 0 aliphatic carbocycles. The van der Waals surface area contributed by atoms with Crippen LogP contribution in [0.2, 0.25) is 0 Å². The summed E-state index contributed by atoms with van der Waals surface area (Å²) in [7, 11) is 2.10. The van der Waals surface area contributed by atoms with E-state index in [1.165, 1.54) is 0 Å². The summed E-state index contributed by atoms with van der Waals surface area (Å²) in [6, 6.07) is 1.96. The number of aromatic nitrogens is 2. The summed E-state index contributed by atoms with van der Waals surface area (Å²) in [4.78, 5) is 2.27. The maximum atomic E-state index is 10.3. The molecule has 2 rings (SSSR count). The van der Waals surface area contributed by atoms with Crippen LogP contribution < -0.4 is 0 Å². The molecule has 0 spiro atoms. The smallest absolute Gasteiger partial charge is 0.102 e. The maximum absolute atomic E-state index is 10.3. The lowest BCUT2D eigenvalue weighted by molar-refractivity contribution is 0.0555. The molecule has 1 aromatic heterocycles. The molecule has 4 nitrogen and oxygen atoms in total. The van der Waals surface area contributed by atoms with Gasteiger partial charge in [-0.25, -0.2) is 0 Å². The molecule has 1 aliphatic rings. The van der Waals surface area contributed by atoms with Gasteiger partial charge in [-0.2, -0.15) is 10.2 Å². The van der Waals surface area contributed by atoms with Crippen molar-refractivity contribution < 1.29 is 5.11 Å². The minimum Gasteiger partial charge on any atom is -0.386 e. The van der Waals surface area contributed by atoms with Gasteiger partial charge in [0.1, 0.15) is 6.10 Å². The number of piperidine rings is 1. The molecule has 17 heavy (non-hydrogen) atoms. The van der Waals surface area contributed by atoms with Gasteiger partial charge in [0.2, 0.25) is 0 Å². The molecule has 94 valence electrons. The number of hydrogen-bond donors (Lipinski definition) is 1. The number of aliphatic hydroxyl groups is 1. The van der Waals surface area contributed by atoms with E-state index in [4.69, 9.17) is 0 Å². The molecular weight excluding hydrogens is 214 g/mol. The van der Waals surface area contributed by atoms with Crippen molar-refractivity contribution in [2.45, 2.75) is 32.8 Å². The van der Waals surface area contributed by atoms with Crippen molar-refractivity contribution in [3.05, 3.63) is 23.0 Å². The van der Waals surface area contributed by atoms with E-state index in [1.54, 1.807) is 0 Å². The minimum absolute atomic E-state index is 0.283. The Balaban J connectivity index is 2.12. The van der Waals surface area contributed by atoms with Crippen LogP contribution in [0, 0.1) is 19.8 Å². The number of rotatable bonds is 2. The molecule has 0 radical (unpaired) electrons. The highest BCUT2D eigenvalue weighted by Gasteiger charge is 2.26. The van der Waals surface area contributed by atoms with Crippen LogP contribution in [0.3, 0.4) is 0 Å². The van der Waals surface area contributed by atoms with Gasteiger partial charge in [-0.15, -0.1) is 0 Å². The van der Waals surface area contributed by atoms with E-state index in [9.17, 15) is 5.11 Å². The zero-order valence-corrected chi connectivity index (χ0v) is 10.8. The number of likely N-dealkylation sites (tertiary alicyclic amines) is 1. The van der Waals surface area contributed by atoms with Gasteiger partial charge in [0.25, 0.3) is 0 Å². The lowest BCUT2D eigenvalue weighted by atomic mass is 9.90. The molecule has 0 amide bonds. The van der Waals surface area contributed by atoms with E-state index in [1.807, 2.05) is 19.9 Å². The van der Waals surface area contributed by atoms with Crippen molar-refractivity contribution in [2.75, 3.05) is 20.1 Å². The summed E-state index contributed by atoms with van der Waals surface area (Å²) in [6.45, 7) is 6.01. The highest BCUT2D eigenvalue weighted by atomic mass is 16.3. The standard InChI is InChI=1S/C13H21N3O/c1-9-7-12(15-14-10(9)2)13(17)11-5-4-6-16(3)8-11/h7,11,13,17H,4-6,8H2,1-3H3. The lowest BCUT2D eigenvalue weighted by Crippen LogP contribution is -2.35. The molecule has 0 aromatic carbocycles.